The van der Waals surface area contributed by atoms with Crippen molar-refractivity contribution in [3.8, 4) is 0 Å². The van der Waals surface area contributed by atoms with Gasteiger partial charge in [0.1, 0.15) is 0 Å². The lowest BCUT2D eigenvalue weighted by molar-refractivity contribution is 0.0993. The van der Waals surface area contributed by atoms with E-state index in [0.29, 0.717) is 17.8 Å². The Morgan fingerprint density at radius 1 is 1.19 bits per heavy atom. The highest BCUT2D eigenvalue weighted by atomic mass is 35.5. The highest BCUT2D eigenvalue weighted by Crippen LogP contribution is 2.19. The van der Waals surface area contributed by atoms with E-state index in [0.717, 1.165) is 16.8 Å². The minimum Gasteiger partial charge on any atom is -0.325 e. The smallest absolute Gasteiger partial charge is 0.258 e. The first-order valence-electron chi connectivity index (χ1n) is 6.52. The van der Waals surface area contributed by atoms with Gasteiger partial charge in [0.2, 0.25) is 0 Å². The zero-order valence-corrected chi connectivity index (χ0v) is 13.3. The molecule has 0 saturated heterocycles. The topological polar surface area (TPSA) is 59.2 Å². The Labute approximate surface area is 131 Å². The fourth-order valence-corrected chi connectivity index (χ4v) is 2.18. The number of carbonyl (C=O) groups excluding carboxylic acids is 1. The van der Waals surface area contributed by atoms with Gasteiger partial charge in [-0.3, -0.25) is 9.78 Å². The molecule has 1 aromatic heterocycles. The lowest BCUT2D eigenvalue weighted by Gasteiger charge is -2.19. The van der Waals surface area contributed by atoms with Crippen LogP contribution in [-0.2, 0) is 6.54 Å². The molecular formula is C16H20ClN3O. The summed E-state index contributed by atoms with van der Waals surface area (Å²) in [6.45, 7) is 4.37. The number of rotatable bonds is 3. The summed E-state index contributed by atoms with van der Waals surface area (Å²) in [6, 6.07) is 9.52. The van der Waals surface area contributed by atoms with E-state index in [-0.39, 0.29) is 18.3 Å². The van der Waals surface area contributed by atoms with Gasteiger partial charge in [0.05, 0.1) is 5.69 Å². The number of amides is 1. The van der Waals surface area contributed by atoms with Crippen LogP contribution in [0, 0.1) is 13.8 Å². The van der Waals surface area contributed by atoms with E-state index >= 15 is 0 Å². The van der Waals surface area contributed by atoms with E-state index in [1.807, 2.05) is 26.0 Å². The Bertz CT molecular complexity index is 623. The summed E-state index contributed by atoms with van der Waals surface area (Å²) >= 11 is 0. The van der Waals surface area contributed by atoms with Gasteiger partial charge in [0.15, 0.2) is 0 Å². The molecule has 0 unspecified atom stereocenters. The first-order chi connectivity index (χ1) is 9.51. The molecule has 0 saturated carbocycles. The van der Waals surface area contributed by atoms with Crippen molar-refractivity contribution < 1.29 is 4.79 Å². The molecule has 1 aromatic carbocycles. The van der Waals surface area contributed by atoms with E-state index in [2.05, 4.69) is 11.1 Å². The molecule has 21 heavy (non-hydrogen) atoms. The number of anilines is 1. The van der Waals surface area contributed by atoms with Crippen LogP contribution in [0.5, 0.6) is 0 Å². The number of carbonyl (C=O) groups is 1. The monoisotopic (exact) mass is 305 g/mol. The molecule has 0 atom stereocenters. The van der Waals surface area contributed by atoms with Gasteiger partial charge in [-0.2, -0.15) is 0 Å². The third-order valence-electron chi connectivity index (χ3n) is 3.17. The van der Waals surface area contributed by atoms with Gasteiger partial charge >= 0.3 is 0 Å². The highest BCUT2D eigenvalue weighted by molar-refractivity contribution is 6.05. The normalized spacial score (nSPS) is 9.90. The third-order valence-corrected chi connectivity index (χ3v) is 3.17. The van der Waals surface area contributed by atoms with E-state index in [4.69, 9.17) is 5.73 Å². The van der Waals surface area contributed by atoms with Crippen molar-refractivity contribution in [3.63, 3.8) is 0 Å². The first kappa shape index (κ1) is 17.1. The fourth-order valence-electron chi connectivity index (χ4n) is 2.18. The van der Waals surface area contributed by atoms with Gasteiger partial charge in [-0.15, -0.1) is 12.4 Å². The second-order valence-corrected chi connectivity index (χ2v) is 4.95. The highest BCUT2D eigenvalue weighted by Gasteiger charge is 2.14. The zero-order valence-electron chi connectivity index (χ0n) is 12.5. The van der Waals surface area contributed by atoms with Crippen molar-refractivity contribution in [2.24, 2.45) is 5.73 Å². The van der Waals surface area contributed by atoms with Crippen LogP contribution >= 0.6 is 12.4 Å². The predicted molar refractivity (Wildman–Crippen MR) is 88.0 cm³/mol. The average Bonchev–Trinajstić information content (AvgIpc) is 2.44. The van der Waals surface area contributed by atoms with Crippen LogP contribution < -0.4 is 10.6 Å². The fraction of sp³-hybridized carbons (Fsp3) is 0.250. The largest absolute Gasteiger partial charge is 0.325 e. The number of pyridine rings is 1. The summed E-state index contributed by atoms with van der Waals surface area (Å²) < 4.78 is 0. The molecule has 0 aliphatic rings. The molecule has 0 aliphatic carbocycles. The van der Waals surface area contributed by atoms with Crippen molar-refractivity contribution in [3.05, 3.63) is 58.9 Å². The zero-order chi connectivity index (χ0) is 14.7. The number of benzene rings is 1. The first-order valence-corrected chi connectivity index (χ1v) is 6.52. The minimum atomic E-state index is -0.0629. The third kappa shape index (κ3) is 4.03. The Kier molecular flexibility index (Phi) is 5.88. The molecule has 0 fully saturated rings. The summed E-state index contributed by atoms with van der Waals surface area (Å²) in [5.74, 6) is -0.0629. The molecular weight excluding hydrogens is 286 g/mol. The Balaban J connectivity index is 0.00000220. The van der Waals surface area contributed by atoms with Gasteiger partial charge in [0, 0.05) is 31.0 Å². The van der Waals surface area contributed by atoms with Gasteiger partial charge in [0.25, 0.3) is 5.91 Å². The molecule has 0 spiro atoms. The summed E-state index contributed by atoms with van der Waals surface area (Å²) in [7, 11) is 1.78. The lowest BCUT2D eigenvalue weighted by Crippen LogP contribution is -2.26. The van der Waals surface area contributed by atoms with Crippen LogP contribution in [0.25, 0.3) is 0 Å². The van der Waals surface area contributed by atoms with Crippen LogP contribution in [0.3, 0.4) is 0 Å². The maximum atomic E-state index is 12.5. The van der Waals surface area contributed by atoms with E-state index in [9.17, 15) is 4.79 Å². The molecule has 2 aromatic rings. The lowest BCUT2D eigenvalue weighted by atomic mass is 10.1. The maximum Gasteiger partial charge on any atom is 0.258 e. The SMILES string of the molecule is Cc1cc(C)cc(N(C)C(=O)c2ccnc(CN)c2)c1.Cl. The number of aryl methyl sites for hydroxylation is 2. The van der Waals surface area contributed by atoms with E-state index in [1.165, 1.54) is 0 Å². The summed E-state index contributed by atoms with van der Waals surface area (Å²) in [5.41, 5.74) is 10.0. The molecule has 0 radical (unpaired) electrons. The van der Waals surface area contributed by atoms with Crippen LogP contribution in [0.4, 0.5) is 5.69 Å². The Morgan fingerprint density at radius 2 is 1.81 bits per heavy atom. The van der Waals surface area contributed by atoms with E-state index in [1.54, 1.807) is 30.3 Å². The van der Waals surface area contributed by atoms with Crippen molar-refractivity contribution >= 4 is 24.0 Å². The molecule has 112 valence electrons. The number of aromatic nitrogens is 1. The second kappa shape index (κ2) is 7.20. The molecule has 2 N–H and O–H groups in total. The molecule has 1 heterocycles. The quantitative estimate of drug-likeness (QED) is 0.948. The predicted octanol–water partition coefficient (Wildman–Crippen LogP) is 2.86. The van der Waals surface area contributed by atoms with Crippen LogP contribution in [-0.4, -0.2) is 17.9 Å². The average molecular weight is 306 g/mol. The number of hydrogen-bond acceptors (Lipinski definition) is 3. The Hall–Kier alpha value is -1.91. The standard InChI is InChI=1S/C16H19N3O.ClH/c1-11-6-12(2)8-15(7-11)19(3)16(20)13-4-5-18-14(9-13)10-17;/h4-9H,10,17H2,1-3H3;1H. The summed E-state index contributed by atoms with van der Waals surface area (Å²) in [4.78, 5) is 18.2. The van der Waals surface area contributed by atoms with Crippen LogP contribution in [0.15, 0.2) is 36.5 Å². The molecule has 0 aliphatic heterocycles. The van der Waals surface area contributed by atoms with Crippen molar-refractivity contribution in [2.75, 3.05) is 11.9 Å². The number of nitrogens with zero attached hydrogens (tertiary/aromatic N) is 2. The van der Waals surface area contributed by atoms with Gasteiger partial charge in [-0.25, -0.2) is 0 Å². The number of nitrogens with two attached hydrogens (primary N) is 1. The van der Waals surface area contributed by atoms with E-state index < -0.39 is 0 Å². The molecule has 1 amide bonds. The molecule has 4 nitrogen and oxygen atoms in total. The van der Waals surface area contributed by atoms with Crippen molar-refractivity contribution in [2.45, 2.75) is 20.4 Å². The second-order valence-electron chi connectivity index (χ2n) is 4.95. The van der Waals surface area contributed by atoms with Gasteiger partial charge in [-0.05, 0) is 49.2 Å². The summed E-state index contributed by atoms with van der Waals surface area (Å²) in [5, 5.41) is 0. The van der Waals surface area contributed by atoms with Gasteiger partial charge < -0.3 is 10.6 Å². The van der Waals surface area contributed by atoms with Crippen LogP contribution in [0.2, 0.25) is 0 Å². The minimum absolute atomic E-state index is 0. The molecule has 5 heteroatoms. The van der Waals surface area contributed by atoms with Crippen molar-refractivity contribution in [1.29, 1.82) is 0 Å². The number of hydrogen-bond donors (Lipinski definition) is 1. The van der Waals surface area contributed by atoms with Gasteiger partial charge in [-0.1, -0.05) is 6.07 Å². The number of halogens is 1. The molecule has 2 rings (SSSR count). The molecule has 0 bridgehead atoms. The summed E-state index contributed by atoms with van der Waals surface area (Å²) in [6.07, 6.45) is 1.62. The Morgan fingerprint density at radius 3 is 2.38 bits per heavy atom. The van der Waals surface area contributed by atoms with Crippen LogP contribution in [0.1, 0.15) is 27.2 Å². The maximum absolute atomic E-state index is 12.5. The van der Waals surface area contributed by atoms with Crippen molar-refractivity contribution in [1.82, 2.24) is 4.98 Å².